The fourth-order valence-electron chi connectivity index (χ4n) is 3.68. The molecule has 0 bridgehead atoms. The van der Waals surface area contributed by atoms with Gasteiger partial charge in [0, 0.05) is 22.5 Å². The number of fused-ring (bicyclic) bond motifs is 2. The molecule has 0 saturated carbocycles. The lowest BCUT2D eigenvalue weighted by Crippen LogP contribution is -1.90. The first-order valence-electron chi connectivity index (χ1n) is 10.6. The van der Waals surface area contributed by atoms with E-state index in [1.54, 1.807) is 12.1 Å². The zero-order valence-corrected chi connectivity index (χ0v) is 18.8. The van der Waals surface area contributed by atoms with Crippen molar-refractivity contribution in [3.63, 3.8) is 0 Å². The maximum Gasteiger partial charge on any atom is 0.300 e. The second-order valence-electron chi connectivity index (χ2n) is 7.87. The number of halogens is 1. The van der Waals surface area contributed by atoms with Crippen LogP contribution in [-0.4, -0.2) is 19.9 Å². The van der Waals surface area contributed by atoms with Gasteiger partial charge in [-0.1, -0.05) is 41.4 Å². The van der Waals surface area contributed by atoms with Crippen molar-refractivity contribution < 1.29 is 9.15 Å². The van der Waals surface area contributed by atoms with Crippen LogP contribution in [0.5, 0.6) is 11.6 Å². The van der Waals surface area contributed by atoms with Gasteiger partial charge >= 0.3 is 0 Å². The molecule has 7 nitrogen and oxygen atoms in total. The number of anilines is 2. The van der Waals surface area contributed by atoms with Crippen LogP contribution in [0, 0.1) is 6.92 Å². The van der Waals surface area contributed by atoms with Gasteiger partial charge in [0.1, 0.15) is 23.2 Å². The van der Waals surface area contributed by atoms with Gasteiger partial charge < -0.3 is 19.5 Å². The van der Waals surface area contributed by atoms with E-state index in [-0.39, 0.29) is 0 Å². The minimum atomic E-state index is 0.382. The Kier molecular flexibility index (Phi) is 4.89. The molecule has 0 spiro atoms. The number of H-pyrrole nitrogens is 1. The normalized spacial score (nSPS) is 11.2. The summed E-state index contributed by atoms with van der Waals surface area (Å²) in [5.41, 5.74) is 6.06. The summed E-state index contributed by atoms with van der Waals surface area (Å²) in [4.78, 5) is 16.6. The SMILES string of the molecule is Cc1ccc(-c2cc3c(Oc4ccc5oc(Nc6ccc(Cl)cc6)nc5c4)ncnc3[nH]2)cc1. The number of rotatable bonds is 5. The molecule has 0 unspecified atom stereocenters. The Labute approximate surface area is 199 Å². The fourth-order valence-corrected chi connectivity index (χ4v) is 3.81. The molecule has 34 heavy (non-hydrogen) atoms. The molecule has 0 aliphatic carbocycles. The van der Waals surface area contributed by atoms with Gasteiger partial charge in [-0.25, -0.2) is 9.97 Å². The van der Waals surface area contributed by atoms with Crippen molar-refractivity contribution in [2.75, 3.05) is 5.32 Å². The zero-order chi connectivity index (χ0) is 23.1. The van der Waals surface area contributed by atoms with Crippen molar-refractivity contribution in [1.29, 1.82) is 0 Å². The molecule has 3 heterocycles. The molecular weight excluding hydrogens is 450 g/mol. The molecule has 3 aromatic heterocycles. The fraction of sp³-hybridized carbons (Fsp3) is 0.0385. The van der Waals surface area contributed by atoms with E-state index in [0.29, 0.717) is 39.4 Å². The van der Waals surface area contributed by atoms with Crippen molar-refractivity contribution in [2.45, 2.75) is 6.92 Å². The molecule has 0 aliphatic rings. The number of benzene rings is 3. The van der Waals surface area contributed by atoms with E-state index in [9.17, 15) is 0 Å². The molecule has 0 fully saturated rings. The third-order valence-corrected chi connectivity index (χ3v) is 5.67. The average molecular weight is 468 g/mol. The Morgan fingerprint density at radius 3 is 2.59 bits per heavy atom. The van der Waals surface area contributed by atoms with E-state index in [0.717, 1.165) is 22.3 Å². The largest absolute Gasteiger partial charge is 0.438 e. The van der Waals surface area contributed by atoms with Crippen LogP contribution >= 0.6 is 11.6 Å². The third-order valence-electron chi connectivity index (χ3n) is 5.42. The Balaban J connectivity index is 1.28. The van der Waals surface area contributed by atoms with Crippen molar-refractivity contribution >= 4 is 45.4 Å². The number of hydrogen-bond donors (Lipinski definition) is 2. The van der Waals surface area contributed by atoms with Crippen LogP contribution in [-0.2, 0) is 0 Å². The summed E-state index contributed by atoms with van der Waals surface area (Å²) in [6.45, 7) is 2.06. The summed E-state index contributed by atoms with van der Waals surface area (Å²) < 4.78 is 11.9. The monoisotopic (exact) mass is 467 g/mol. The maximum absolute atomic E-state index is 6.12. The first-order chi connectivity index (χ1) is 16.6. The zero-order valence-electron chi connectivity index (χ0n) is 18.0. The van der Waals surface area contributed by atoms with Crippen LogP contribution in [0.25, 0.3) is 33.4 Å². The van der Waals surface area contributed by atoms with Gasteiger partial charge in [0.15, 0.2) is 5.58 Å². The van der Waals surface area contributed by atoms with E-state index >= 15 is 0 Å². The van der Waals surface area contributed by atoms with E-state index in [1.165, 1.54) is 11.9 Å². The van der Waals surface area contributed by atoms with Crippen molar-refractivity contribution in [2.24, 2.45) is 0 Å². The molecule has 0 amide bonds. The molecule has 0 saturated heterocycles. The van der Waals surface area contributed by atoms with Crippen molar-refractivity contribution in [3.05, 3.63) is 89.7 Å². The Morgan fingerprint density at radius 1 is 0.941 bits per heavy atom. The molecule has 0 aliphatic heterocycles. The number of ether oxygens (including phenoxy) is 1. The number of nitrogens with one attached hydrogen (secondary N) is 2. The Hall–Kier alpha value is -4.36. The van der Waals surface area contributed by atoms with E-state index in [2.05, 4.69) is 56.4 Å². The van der Waals surface area contributed by atoms with Crippen molar-refractivity contribution in [3.8, 4) is 22.9 Å². The molecular formula is C26H18ClN5O2. The predicted octanol–water partition coefficient (Wildman–Crippen LogP) is 7.26. The van der Waals surface area contributed by atoms with Gasteiger partial charge in [-0.15, -0.1) is 0 Å². The standard InChI is InChI=1S/C26H18ClN5O2/c1-15-2-4-16(5-3-15)21-13-20-24(31-21)28-14-29-25(20)33-19-10-11-23-22(12-19)32-26(34-23)30-18-8-6-17(27)7-9-18/h2-14H,1H3,(H,30,32)(H,28,29,31). The highest BCUT2D eigenvalue weighted by molar-refractivity contribution is 6.30. The Bertz CT molecular complexity index is 1620. The summed E-state index contributed by atoms with van der Waals surface area (Å²) in [5, 5.41) is 4.59. The number of oxazole rings is 1. The highest BCUT2D eigenvalue weighted by Crippen LogP contribution is 2.32. The number of hydrogen-bond acceptors (Lipinski definition) is 6. The lowest BCUT2D eigenvalue weighted by molar-refractivity contribution is 0.468. The quantitative estimate of drug-likeness (QED) is 0.277. The minimum absolute atomic E-state index is 0.382. The summed E-state index contributed by atoms with van der Waals surface area (Å²) in [6.07, 6.45) is 1.48. The van der Waals surface area contributed by atoms with E-state index < -0.39 is 0 Å². The van der Waals surface area contributed by atoms with Crippen LogP contribution in [0.2, 0.25) is 5.02 Å². The molecule has 8 heteroatoms. The van der Waals surface area contributed by atoms with Crippen LogP contribution in [0.1, 0.15) is 5.56 Å². The summed E-state index contributed by atoms with van der Waals surface area (Å²) in [5.74, 6) is 1.05. The van der Waals surface area contributed by atoms with Crippen LogP contribution in [0.15, 0.2) is 83.5 Å². The average Bonchev–Trinajstić information content (AvgIpc) is 3.45. The third kappa shape index (κ3) is 3.93. The van der Waals surface area contributed by atoms with Gasteiger partial charge in [0.05, 0.1) is 5.39 Å². The number of aromatic nitrogens is 4. The molecule has 3 aromatic carbocycles. The lowest BCUT2D eigenvalue weighted by atomic mass is 10.1. The van der Waals surface area contributed by atoms with Gasteiger partial charge in [-0.05, 0) is 55.0 Å². The van der Waals surface area contributed by atoms with Crippen LogP contribution in [0.4, 0.5) is 11.7 Å². The van der Waals surface area contributed by atoms with Gasteiger partial charge in [-0.3, -0.25) is 0 Å². The van der Waals surface area contributed by atoms with Gasteiger partial charge in [0.2, 0.25) is 5.88 Å². The highest BCUT2D eigenvalue weighted by Gasteiger charge is 2.13. The maximum atomic E-state index is 6.12. The summed E-state index contributed by atoms with van der Waals surface area (Å²) in [7, 11) is 0. The molecule has 0 radical (unpaired) electrons. The van der Waals surface area contributed by atoms with E-state index in [1.807, 2.05) is 36.4 Å². The Morgan fingerprint density at radius 2 is 1.76 bits per heavy atom. The topological polar surface area (TPSA) is 88.9 Å². The minimum Gasteiger partial charge on any atom is -0.438 e. The van der Waals surface area contributed by atoms with E-state index in [4.69, 9.17) is 20.8 Å². The smallest absolute Gasteiger partial charge is 0.300 e. The number of aromatic amines is 1. The first kappa shape index (κ1) is 20.3. The van der Waals surface area contributed by atoms with Crippen LogP contribution < -0.4 is 10.1 Å². The molecule has 0 atom stereocenters. The predicted molar refractivity (Wildman–Crippen MR) is 133 cm³/mol. The summed E-state index contributed by atoms with van der Waals surface area (Å²) >= 11 is 5.95. The second kappa shape index (κ2) is 8.20. The summed E-state index contributed by atoms with van der Waals surface area (Å²) in [6, 6.07) is 23.4. The van der Waals surface area contributed by atoms with Gasteiger partial charge in [-0.2, -0.15) is 4.98 Å². The van der Waals surface area contributed by atoms with Crippen LogP contribution in [0.3, 0.4) is 0 Å². The molecule has 2 N–H and O–H groups in total. The molecule has 6 aromatic rings. The van der Waals surface area contributed by atoms with Crippen molar-refractivity contribution in [1.82, 2.24) is 19.9 Å². The number of nitrogens with zero attached hydrogens (tertiary/aromatic N) is 3. The number of aryl methyl sites for hydroxylation is 1. The highest BCUT2D eigenvalue weighted by atomic mass is 35.5. The lowest BCUT2D eigenvalue weighted by Gasteiger charge is -2.04. The van der Waals surface area contributed by atoms with Gasteiger partial charge in [0.25, 0.3) is 6.01 Å². The molecule has 166 valence electrons. The second-order valence-corrected chi connectivity index (χ2v) is 8.31. The first-order valence-corrected chi connectivity index (χ1v) is 11.0. The molecule has 6 rings (SSSR count).